The van der Waals surface area contributed by atoms with E-state index in [9.17, 15) is 4.79 Å². The highest BCUT2D eigenvalue weighted by Crippen LogP contribution is 2.15. The molecule has 0 saturated carbocycles. The normalized spacial score (nSPS) is 11.1. The van der Waals surface area contributed by atoms with Gasteiger partial charge in [-0.1, -0.05) is 0 Å². The highest BCUT2D eigenvalue weighted by atomic mass is 16.5. The molecule has 1 N–H and O–H groups in total. The minimum atomic E-state index is -0.515. The molecule has 0 atom stereocenters. The average Bonchev–Trinajstić information content (AvgIpc) is 2.66. The Morgan fingerprint density at radius 1 is 1.43 bits per heavy atom. The molecule has 0 fully saturated rings. The van der Waals surface area contributed by atoms with E-state index in [0.29, 0.717) is 6.54 Å². The van der Waals surface area contributed by atoms with Crippen LogP contribution < -0.4 is 5.43 Å². The second kappa shape index (κ2) is 4.17. The van der Waals surface area contributed by atoms with Gasteiger partial charge in [0.15, 0.2) is 0 Å². The lowest BCUT2D eigenvalue weighted by atomic mass is 9.94. The Balaban J connectivity index is 2.48. The van der Waals surface area contributed by atoms with Crippen molar-refractivity contribution in [1.29, 1.82) is 0 Å². The second-order valence-corrected chi connectivity index (χ2v) is 3.80. The third-order valence-electron chi connectivity index (χ3n) is 2.05. The standard InChI is InChI=1S/C10H16N2O2/c1-10(2,9(13)14-3)8-11-12-6-4-5-7-12/h4-7,11H,8H2,1-3H3. The molecule has 4 nitrogen and oxygen atoms in total. The Hall–Kier alpha value is -1.45. The summed E-state index contributed by atoms with van der Waals surface area (Å²) in [5, 5.41) is 0. The van der Waals surface area contributed by atoms with Gasteiger partial charge in [-0.25, -0.2) is 0 Å². The summed E-state index contributed by atoms with van der Waals surface area (Å²) < 4.78 is 6.51. The number of hydrogen-bond acceptors (Lipinski definition) is 3. The van der Waals surface area contributed by atoms with Gasteiger partial charge in [-0.3, -0.25) is 9.47 Å². The van der Waals surface area contributed by atoms with Crippen molar-refractivity contribution in [2.45, 2.75) is 13.8 Å². The number of nitrogens with zero attached hydrogens (tertiary/aromatic N) is 1. The van der Waals surface area contributed by atoms with E-state index >= 15 is 0 Å². The molecule has 1 heterocycles. The molecule has 0 amide bonds. The van der Waals surface area contributed by atoms with Gasteiger partial charge in [-0.05, 0) is 26.0 Å². The zero-order valence-electron chi connectivity index (χ0n) is 8.78. The summed E-state index contributed by atoms with van der Waals surface area (Å²) in [6.45, 7) is 4.22. The fraction of sp³-hybridized carbons (Fsp3) is 0.500. The lowest BCUT2D eigenvalue weighted by molar-refractivity contribution is -0.150. The van der Waals surface area contributed by atoms with Gasteiger partial charge < -0.3 is 10.2 Å². The second-order valence-electron chi connectivity index (χ2n) is 3.80. The maximum atomic E-state index is 11.3. The molecular formula is C10H16N2O2. The van der Waals surface area contributed by atoms with Crippen molar-refractivity contribution in [2.24, 2.45) is 5.41 Å². The van der Waals surface area contributed by atoms with Gasteiger partial charge >= 0.3 is 5.97 Å². The predicted octanol–water partition coefficient (Wildman–Crippen LogP) is 1.23. The van der Waals surface area contributed by atoms with Crippen LogP contribution in [0.4, 0.5) is 0 Å². The lowest BCUT2D eigenvalue weighted by Crippen LogP contribution is -2.35. The number of carbonyl (C=O) groups is 1. The van der Waals surface area contributed by atoms with Crippen molar-refractivity contribution in [1.82, 2.24) is 4.68 Å². The monoisotopic (exact) mass is 196 g/mol. The van der Waals surface area contributed by atoms with E-state index in [2.05, 4.69) is 5.43 Å². The van der Waals surface area contributed by atoms with Crippen molar-refractivity contribution in [2.75, 3.05) is 19.1 Å². The molecule has 0 aliphatic heterocycles. The molecule has 0 radical (unpaired) electrons. The van der Waals surface area contributed by atoms with Gasteiger partial charge in [-0.2, -0.15) is 0 Å². The molecule has 78 valence electrons. The van der Waals surface area contributed by atoms with Crippen LogP contribution in [-0.2, 0) is 9.53 Å². The first kappa shape index (κ1) is 10.6. The minimum Gasteiger partial charge on any atom is -0.469 e. The Bertz CT molecular complexity index is 291. The largest absolute Gasteiger partial charge is 0.469 e. The number of carbonyl (C=O) groups excluding carboxylic acids is 1. The van der Waals surface area contributed by atoms with Crippen LogP contribution in [0.2, 0.25) is 0 Å². The van der Waals surface area contributed by atoms with Crippen molar-refractivity contribution in [3.05, 3.63) is 24.5 Å². The van der Waals surface area contributed by atoms with Crippen LogP contribution in [0, 0.1) is 5.41 Å². The number of rotatable bonds is 4. The van der Waals surface area contributed by atoms with Crippen LogP contribution >= 0.6 is 0 Å². The lowest BCUT2D eigenvalue weighted by Gasteiger charge is -2.22. The van der Waals surface area contributed by atoms with E-state index in [1.807, 2.05) is 43.0 Å². The molecule has 4 heteroatoms. The molecule has 14 heavy (non-hydrogen) atoms. The minimum absolute atomic E-state index is 0.211. The van der Waals surface area contributed by atoms with E-state index in [0.717, 1.165) is 0 Å². The highest BCUT2D eigenvalue weighted by molar-refractivity contribution is 5.76. The number of methoxy groups -OCH3 is 1. The smallest absolute Gasteiger partial charge is 0.313 e. The fourth-order valence-corrected chi connectivity index (χ4v) is 1.08. The van der Waals surface area contributed by atoms with Crippen LogP contribution in [0.15, 0.2) is 24.5 Å². The molecule has 0 spiro atoms. The van der Waals surface area contributed by atoms with Crippen LogP contribution in [0.5, 0.6) is 0 Å². The Morgan fingerprint density at radius 2 is 2.00 bits per heavy atom. The maximum absolute atomic E-state index is 11.3. The maximum Gasteiger partial charge on any atom is 0.313 e. The highest BCUT2D eigenvalue weighted by Gasteiger charge is 2.28. The number of hydrogen-bond donors (Lipinski definition) is 1. The first-order valence-corrected chi connectivity index (χ1v) is 4.51. The van der Waals surface area contributed by atoms with Crippen LogP contribution in [0.1, 0.15) is 13.8 Å². The van der Waals surface area contributed by atoms with Crippen molar-refractivity contribution in [3.63, 3.8) is 0 Å². The molecule has 0 bridgehead atoms. The summed E-state index contributed by atoms with van der Waals surface area (Å²) >= 11 is 0. The van der Waals surface area contributed by atoms with E-state index < -0.39 is 5.41 Å². The van der Waals surface area contributed by atoms with E-state index in [1.54, 1.807) is 0 Å². The van der Waals surface area contributed by atoms with Crippen LogP contribution in [0.25, 0.3) is 0 Å². The fourth-order valence-electron chi connectivity index (χ4n) is 1.08. The van der Waals surface area contributed by atoms with Gasteiger partial charge in [-0.15, -0.1) is 0 Å². The van der Waals surface area contributed by atoms with Crippen LogP contribution in [-0.4, -0.2) is 24.3 Å². The Morgan fingerprint density at radius 3 is 2.50 bits per heavy atom. The molecule has 1 rings (SSSR count). The summed E-state index contributed by atoms with van der Waals surface area (Å²) in [5.41, 5.74) is 2.58. The number of esters is 1. The first-order valence-electron chi connectivity index (χ1n) is 4.51. The molecular weight excluding hydrogens is 180 g/mol. The average molecular weight is 196 g/mol. The molecule has 0 unspecified atom stereocenters. The van der Waals surface area contributed by atoms with Crippen LogP contribution in [0.3, 0.4) is 0 Å². The quantitative estimate of drug-likeness (QED) is 0.736. The third-order valence-corrected chi connectivity index (χ3v) is 2.05. The summed E-state index contributed by atoms with van der Waals surface area (Å²) in [5.74, 6) is -0.211. The molecule has 1 aromatic rings. The first-order chi connectivity index (χ1) is 6.56. The number of nitrogens with one attached hydrogen (secondary N) is 1. The van der Waals surface area contributed by atoms with Gasteiger partial charge in [0.25, 0.3) is 0 Å². The summed E-state index contributed by atoms with van der Waals surface area (Å²) in [6.07, 6.45) is 3.76. The van der Waals surface area contributed by atoms with Gasteiger partial charge in [0.05, 0.1) is 12.5 Å². The number of ether oxygens (including phenoxy) is 1. The molecule has 0 aliphatic carbocycles. The van der Waals surface area contributed by atoms with E-state index in [1.165, 1.54) is 7.11 Å². The SMILES string of the molecule is COC(=O)C(C)(C)CNn1cccc1. The van der Waals surface area contributed by atoms with E-state index in [-0.39, 0.29) is 5.97 Å². The zero-order valence-corrected chi connectivity index (χ0v) is 8.78. The summed E-state index contributed by atoms with van der Waals surface area (Å²) in [7, 11) is 1.40. The van der Waals surface area contributed by atoms with Crippen molar-refractivity contribution in [3.8, 4) is 0 Å². The Labute approximate surface area is 83.8 Å². The molecule has 0 aliphatic rings. The van der Waals surface area contributed by atoms with Crippen molar-refractivity contribution < 1.29 is 9.53 Å². The molecule has 0 aromatic carbocycles. The predicted molar refractivity (Wildman–Crippen MR) is 54.5 cm³/mol. The van der Waals surface area contributed by atoms with Gasteiger partial charge in [0.2, 0.25) is 0 Å². The topological polar surface area (TPSA) is 43.3 Å². The number of aromatic nitrogens is 1. The Kier molecular flexibility index (Phi) is 3.17. The van der Waals surface area contributed by atoms with Gasteiger partial charge in [0, 0.05) is 18.9 Å². The molecule has 1 aromatic heterocycles. The van der Waals surface area contributed by atoms with E-state index in [4.69, 9.17) is 4.74 Å². The summed E-state index contributed by atoms with van der Waals surface area (Å²) in [4.78, 5) is 11.3. The summed E-state index contributed by atoms with van der Waals surface area (Å²) in [6, 6.07) is 3.83. The zero-order chi connectivity index (χ0) is 10.6. The van der Waals surface area contributed by atoms with Gasteiger partial charge in [0.1, 0.15) is 0 Å². The third kappa shape index (κ3) is 2.52. The molecule has 0 saturated heterocycles. The van der Waals surface area contributed by atoms with Crippen molar-refractivity contribution >= 4 is 5.97 Å².